The molecule has 2 heterocycles. The highest BCUT2D eigenvalue weighted by molar-refractivity contribution is 14.0. The number of pyridine rings is 1. The Kier molecular flexibility index (Phi) is 9.18. The molecule has 0 aromatic carbocycles. The standard InChI is InChI=1S/C17H28N4OS.HI/c1-17(2)14-21(12-13-23-17)16(18-3)19-9-5-7-11-20-10-6-4-8-15(20)22;/h4,6,8,10H,5,7,9,11-14H2,1-3H3,(H,18,19);1H. The second kappa shape index (κ2) is 10.3. The Morgan fingerprint density at radius 1 is 1.38 bits per heavy atom. The van der Waals surface area contributed by atoms with Gasteiger partial charge < -0.3 is 14.8 Å². The minimum Gasteiger partial charge on any atom is -0.356 e. The van der Waals surface area contributed by atoms with Crippen LogP contribution in [0.2, 0.25) is 0 Å². The minimum absolute atomic E-state index is 0. The van der Waals surface area contributed by atoms with Gasteiger partial charge in [0, 0.05) is 56.0 Å². The molecule has 0 bridgehead atoms. The highest BCUT2D eigenvalue weighted by Gasteiger charge is 2.28. The second-order valence-corrected chi connectivity index (χ2v) is 8.25. The zero-order valence-corrected chi connectivity index (χ0v) is 18.0. The molecule has 2 rings (SSSR count). The van der Waals surface area contributed by atoms with Crippen LogP contribution < -0.4 is 10.9 Å². The maximum Gasteiger partial charge on any atom is 0.250 e. The van der Waals surface area contributed by atoms with E-state index in [4.69, 9.17) is 0 Å². The number of halogens is 1. The molecular formula is C17H29IN4OS. The van der Waals surface area contributed by atoms with Crippen LogP contribution in [0.1, 0.15) is 26.7 Å². The van der Waals surface area contributed by atoms with Crippen molar-refractivity contribution < 1.29 is 0 Å². The first-order valence-electron chi connectivity index (χ1n) is 8.27. The van der Waals surface area contributed by atoms with E-state index in [9.17, 15) is 4.79 Å². The molecule has 0 atom stereocenters. The Labute approximate surface area is 166 Å². The van der Waals surface area contributed by atoms with Gasteiger partial charge in [0.05, 0.1) is 0 Å². The summed E-state index contributed by atoms with van der Waals surface area (Å²) in [5, 5.41) is 3.46. The van der Waals surface area contributed by atoms with Crippen LogP contribution in [-0.4, -0.2) is 52.6 Å². The summed E-state index contributed by atoms with van der Waals surface area (Å²) in [4.78, 5) is 18.4. The van der Waals surface area contributed by atoms with Gasteiger partial charge in [0.25, 0.3) is 0 Å². The van der Waals surface area contributed by atoms with Crippen LogP contribution in [0.3, 0.4) is 0 Å². The number of aryl methyl sites for hydroxylation is 1. The first kappa shape index (κ1) is 21.3. The van der Waals surface area contributed by atoms with Gasteiger partial charge in [-0.1, -0.05) is 6.07 Å². The maximum absolute atomic E-state index is 11.6. The molecule has 1 aliphatic heterocycles. The van der Waals surface area contributed by atoms with E-state index in [1.54, 1.807) is 16.7 Å². The third-order valence-corrected chi connectivity index (χ3v) is 5.24. The van der Waals surface area contributed by atoms with Gasteiger partial charge in [-0.3, -0.25) is 9.79 Å². The van der Waals surface area contributed by atoms with E-state index in [2.05, 4.69) is 29.1 Å². The summed E-state index contributed by atoms with van der Waals surface area (Å²) in [7, 11) is 1.85. The summed E-state index contributed by atoms with van der Waals surface area (Å²) in [6.07, 6.45) is 3.85. The number of hydrogen-bond donors (Lipinski definition) is 1. The molecule has 7 heteroatoms. The molecule has 0 aliphatic carbocycles. The van der Waals surface area contributed by atoms with Gasteiger partial charge in [-0.05, 0) is 32.8 Å². The molecule has 1 aliphatic rings. The molecular weight excluding hydrogens is 435 g/mol. The van der Waals surface area contributed by atoms with Crippen molar-refractivity contribution in [2.45, 2.75) is 38.0 Å². The Balaban J connectivity index is 0.00000288. The largest absolute Gasteiger partial charge is 0.356 e. The van der Waals surface area contributed by atoms with Crippen molar-refractivity contribution in [3.8, 4) is 0 Å². The Morgan fingerprint density at radius 3 is 2.83 bits per heavy atom. The van der Waals surface area contributed by atoms with Crippen LogP contribution in [0.15, 0.2) is 34.2 Å². The number of aliphatic imine (C=N–C) groups is 1. The van der Waals surface area contributed by atoms with Crippen LogP contribution in [0.4, 0.5) is 0 Å². The van der Waals surface area contributed by atoms with E-state index in [1.807, 2.05) is 31.1 Å². The van der Waals surface area contributed by atoms with Gasteiger partial charge in [-0.2, -0.15) is 11.8 Å². The van der Waals surface area contributed by atoms with E-state index in [-0.39, 0.29) is 34.3 Å². The predicted molar refractivity (Wildman–Crippen MR) is 115 cm³/mol. The van der Waals surface area contributed by atoms with E-state index in [1.165, 1.54) is 0 Å². The lowest BCUT2D eigenvalue weighted by Gasteiger charge is -2.39. The lowest BCUT2D eigenvalue weighted by atomic mass is 10.2. The molecule has 0 unspecified atom stereocenters. The lowest BCUT2D eigenvalue weighted by Crippen LogP contribution is -2.51. The number of nitrogens with one attached hydrogen (secondary N) is 1. The summed E-state index contributed by atoms with van der Waals surface area (Å²) in [6.45, 7) is 8.30. The summed E-state index contributed by atoms with van der Waals surface area (Å²) in [5.41, 5.74) is 0.0734. The van der Waals surface area contributed by atoms with Crippen molar-refractivity contribution in [1.29, 1.82) is 0 Å². The normalized spacial score (nSPS) is 17.3. The zero-order chi connectivity index (χ0) is 16.7. The fraction of sp³-hybridized carbons (Fsp3) is 0.647. The van der Waals surface area contributed by atoms with Crippen LogP contribution >= 0.6 is 35.7 Å². The maximum atomic E-state index is 11.6. The molecule has 1 fully saturated rings. The first-order valence-corrected chi connectivity index (χ1v) is 9.25. The molecule has 0 amide bonds. The monoisotopic (exact) mass is 464 g/mol. The molecule has 24 heavy (non-hydrogen) atoms. The smallest absolute Gasteiger partial charge is 0.250 e. The topological polar surface area (TPSA) is 49.6 Å². The van der Waals surface area contributed by atoms with Crippen molar-refractivity contribution in [1.82, 2.24) is 14.8 Å². The molecule has 1 aromatic rings. The van der Waals surface area contributed by atoms with Crippen molar-refractivity contribution >= 4 is 41.7 Å². The van der Waals surface area contributed by atoms with E-state index in [0.717, 1.165) is 50.7 Å². The Morgan fingerprint density at radius 2 is 2.17 bits per heavy atom. The minimum atomic E-state index is 0. The average molecular weight is 464 g/mol. The van der Waals surface area contributed by atoms with E-state index >= 15 is 0 Å². The molecule has 0 saturated carbocycles. The molecule has 0 spiro atoms. The number of hydrogen-bond acceptors (Lipinski definition) is 3. The quantitative estimate of drug-likeness (QED) is 0.315. The number of thioether (sulfide) groups is 1. The summed E-state index contributed by atoms with van der Waals surface area (Å²) < 4.78 is 2.05. The SMILES string of the molecule is CN=C(NCCCCn1ccccc1=O)N1CCSC(C)(C)C1.I. The van der Waals surface area contributed by atoms with Crippen molar-refractivity contribution in [3.63, 3.8) is 0 Å². The van der Waals surface area contributed by atoms with E-state index in [0.29, 0.717) is 0 Å². The Hall–Kier alpha value is -0.700. The highest BCUT2D eigenvalue weighted by Crippen LogP contribution is 2.29. The third kappa shape index (κ3) is 6.66. The van der Waals surface area contributed by atoms with Gasteiger partial charge in [0.2, 0.25) is 5.56 Å². The van der Waals surface area contributed by atoms with Gasteiger partial charge in [-0.15, -0.1) is 24.0 Å². The van der Waals surface area contributed by atoms with Crippen molar-refractivity contribution in [2.75, 3.05) is 32.4 Å². The zero-order valence-electron chi connectivity index (χ0n) is 14.8. The predicted octanol–water partition coefficient (Wildman–Crippen LogP) is 2.65. The number of unbranched alkanes of at least 4 members (excludes halogenated alkanes) is 1. The first-order chi connectivity index (χ1) is 11.0. The molecule has 1 aromatic heterocycles. The summed E-state index contributed by atoms with van der Waals surface area (Å²) >= 11 is 2.03. The van der Waals surface area contributed by atoms with Crippen molar-refractivity contribution in [3.05, 3.63) is 34.7 Å². The lowest BCUT2D eigenvalue weighted by molar-refractivity contribution is 0.375. The van der Waals surface area contributed by atoms with Crippen LogP contribution in [0.5, 0.6) is 0 Å². The van der Waals surface area contributed by atoms with Crippen LogP contribution in [0, 0.1) is 0 Å². The number of aromatic nitrogens is 1. The fourth-order valence-electron chi connectivity index (χ4n) is 2.78. The number of nitrogens with zero attached hydrogens (tertiary/aromatic N) is 3. The summed E-state index contributed by atoms with van der Waals surface area (Å²) in [6, 6.07) is 5.29. The summed E-state index contributed by atoms with van der Waals surface area (Å²) in [5.74, 6) is 2.14. The van der Waals surface area contributed by atoms with Gasteiger partial charge in [-0.25, -0.2) is 0 Å². The molecule has 1 N–H and O–H groups in total. The number of rotatable bonds is 5. The van der Waals surface area contributed by atoms with Gasteiger partial charge in [0.1, 0.15) is 0 Å². The molecule has 5 nitrogen and oxygen atoms in total. The van der Waals surface area contributed by atoms with E-state index < -0.39 is 0 Å². The molecule has 136 valence electrons. The van der Waals surface area contributed by atoms with Crippen LogP contribution in [0.25, 0.3) is 0 Å². The van der Waals surface area contributed by atoms with Gasteiger partial charge in [0.15, 0.2) is 5.96 Å². The molecule has 1 saturated heterocycles. The number of guanidine groups is 1. The fourth-order valence-corrected chi connectivity index (χ4v) is 3.89. The van der Waals surface area contributed by atoms with Crippen LogP contribution in [-0.2, 0) is 6.54 Å². The Bertz CT molecular complexity index is 588. The van der Waals surface area contributed by atoms with Gasteiger partial charge >= 0.3 is 0 Å². The second-order valence-electron chi connectivity index (χ2n) is 6.44. The molecule has 0 radical (unpaired) electrons. The third-order valence-electron chi connectivity index (χ3n) is 3.94. The highest BCUT2D eigenvalue weighted by atomic mass is 127. The average Bonchev–Trinajstić information content (AvgIpc) is 2.51. The van der Waals surface area contributed by atoms with Crippen molar-refractivity contribution in [2.24, 2.45) is 4.99 Å².